The van der Waals surface area contributed by atoms with Gasteiger partial charge in [0.25, 0.3) is 0 Å². The Morgan fingerprint density at radius 3 is 2.62 bits per heavy atom. The molecule has 1 heterocycles. The highest BCUT2D eigenvalue weighted by Gasteiger charge is 2.19. The van der Waals surface area contributed by atoms with Crippen molar-refractivity contribution in [2.45, 2.75) is 19.4 Å². The molecule has 0 atom stereocenters. The standard InChI is InChI=1S/C8H14N2O3/c1-6(11)9-3-2-8(12)10-7-4-13-5-7/h7H,2-5H2,1H3,(H,9,11)(H,10,12). The monoisotopic (exact) mass is 186 g/mol. The third-order valence-corrected chi connectivity index (χ3v) is 1.73. The highest BCUT2D eigenvalue weighted by Crippen LogP contribution is 1.99. The predicted octanol–water partition coefficient (Wildman–Crippen LogP) is -0.972. The summed E-state index contributed by atoms with van der Waals surface area (Å²) >= 11 is 0. The number of hydrogen-bond acceptors (Lipinski definition) is 3. The van der Waals surface area contributed by atoms with Crippen LogP contribution < -0.4 is 10.6 Å². The quantitative estimate of drug-likeness (QED) is 0.593. The molecule has 0 bridgehead atoms. The van der Waals surface area contributed by atoms with Crippen LogP contribution in [0, 0.1) is 0 Å². The highest BCUT2D eigenvalue weighted by atomic mass is 16.5. The normalized spacial score (nSPS) is 16.1. The van der Waals surface area contributed by atoms with Crippen LogP contribution in [0.4, 0.5) is 0 Å². The second-order valence-electron chi connectivity index (χ2n) is 3.03. The molecule has 2 amide bonds. The highest BCUT2D eigenvalue weighted by molar-refractivity contribution is 5.78. The fourth-order valence-electron chi connectivity index (χ4n) is 0.971. The van der Waals surface area contributed by atoms with Crippen molar-refractivity contribution in [3.63, 3.8) is 0 Å². The largest absolute Gasteiger partial charge is 0.377 e. The van der Waals surface area contributed by atoms with E-state index in [-0.39, 0.29) is 17.9 Å². The minimum absolute atomic E-state index is 0.0398. The van der Waals surface area contributed by atoms with Crippen molar-refractivity contribution in [3.05, 3.63) is 0 Å². The van der Waals surface area contributed by atoms with Gasteiger partial charge >= 0.3 is 0 Å². The maximum atomic E-state index is 11.1. The summed E-state index contributed by atoms with van der Waals surface area (Å²) in [5, 5.41) is 5.33. The van der Waals surface area contributed by atoms with Crippen molar-refractivity contribution in [1.82, 2.24) is 10.6 Å². The Morgan fingerprint density at radius 1 is 1.46 bits per heavy atom. The molecular formula is C8H14N2O3. The Balaban J connectivity index is 2.00. The third kappa shape index (κ3) is 3.89. The van der Waals surface area contributed by atoms with E-state index in [1.54, 1.807) is 0 Å². The predicted molar refractivity (Wildman–Crippen MR) is 46.1 cm³/mol. The lowest BCUT2D eigenvalue weighted by molar-refractivity contribution is -0.125. The summed E-state index contributed by atoms with van der Waals surface area (Å²) in [4.78, 5) is 21.6. The first-order valence-electron chi connectivity index (χ1n) is 4.30. The van der Waals surface area contributed by atoms with E-state index >= 15 is 0 Å². The molecule has 2 N–H and O–H groups in total. The molecule has 1 saturated heterocycles. The molecule has 13 heavy (non-hydrogen) atoms. The van der Waals surface area contributed by atoms with E-state index in [4.69, 9.17) is 4.74 Å². The Bertz CT molecular complexity index is 202. The zero-order valence-corrected chi connectivity index (χ0v) is 7.63. The molecule has 0 aromatic carbocycles. The molecule has 0 saturated carbocycles. The first-order chi connectivity index (χ1) is 6.18. The van der Waals surface area contributed by atoms with Gasteiger partial charge < -0.3 is 15.4 Å². The van der Waals surface area contributed by atoms with Crippen LogP contribution in [0.1, 0.15) is 13.3 Å². The zero-order valence-electron chi connectivity index (χ0n) is 7.63. The van der Waals surface area contributed by atoms with E-state index in [0.29, 0.717) is 26.2 Å². The lowest BCUT2D eigenvalue weighted by Crippen LogP contribution is -2.49. The van der Waals surface area contributed by atoms with Crippen LogP contribution in [0.15, 0.2) is 0 Å². The molecule has 0 aromatic rings. The SMILES string of the molecule is CC(=O)NCCC(=O)NC1COC1. The van der Waals surface area contributed by atoms with E-state index in [2.05, 4.69) is 10.6 Å². The molecule has 0 spiro atoms. The van der Waals surface area contributed by atoms with Crippen LogP contribution >= 0.6 is 0 Å². The van der Waals surface area contributed by atoms with Crippen molar-refractivity contribution in [3.8, 4) is 0 Å². The van der Waals surface area contributed by atoms with Gasteiger partial charge in [-0.2, -0.15) is 0 Å². The summed E-state index contributed by atoms with van der Waals surface area (Å²) in [6.45, 7) is 3.03. The van der Waals surface area contributed by atoms with E-state index in [9.17, 15) is 9.59 Å². The first-order valence-corrected chi connectivity index (χ1v) is 4.30. The van der Waals surface area contributed by atoms with Gasteiger partial charge in [0.05, 0.1) is 19.3 Å². The van der Waals surface area contributed by atoms with Crippen LogP contribution in [-0.4, -0.2) is 37.6 Å². The molecule has 5 nitrogen and oxygen atoms in total. The van der Waals surface area contributed by atoms with Gasteiger partial charge in [-0.25, -0.2) is 0 Å². The van der Waals surface area contributed by atoms with E-state index in [1.165, 1.54) is 6.92 Å². The van der Waals surface area contributed by atoms with Crippen LogP contribution in [0.5, 0.6) is 0 Å². The van der Waals surface area contributed by atoms with Gasteiger partial charge in [0.2, 0.25) is 11.8 Å². The van der Waals surface area contributed by atoms with Crippen molar-refractivity contribution in [2.75, 3.05) is 19.8 Å². The second-order valence-corrected chi connectivity index (χ2v) is 3.03. The molecule has 0 aliphatic carbocycles. The van der Waals surface area contributed by atoms with Crippen LogP contribution in [0.25, 0.3) is 0 Å². The molecule has 1 aliphatic heterocycles. The van der Waals surface area contributed by atoms with Crippen LogP contribution in [0.3, 0.4) is 0 Å². The number of amides is 2. The van der Waals surface area contributed by atoms with Gasteiger partial charge in [0, 0.05) is 19.9 Å². The van der Waals surface area contributed by atoms with Crippen molar-refractivity contribution < 1.29 is 14.3 Å². The summed E-state index contributed by atoms with van der Waals surface area (Å²) in [6, 6.07) is 0.171. The smallest absolute Gasteiger partial charge is 0.222 e. The summed E-state index contributed by atoms with van der Waals surface area (Å²) < 4.78 is 4.89. The number of rotatable bonds is 4. The van der Waals surface area contributed by atoms with Gasteiger partial charge in [-0.15, -0.1) is 0 Å². The lowest BCUT2D eigenvalue weighted by atomic mass is 10.2. The third-order valence-electron chi connectivity index (χ3n) is 1.73. The molecule has 0 aromatic heterocycles. The molecule has 5 heteroatoms. The average molecular weight is 186 g/mol. The topological polar surface area (TPSA) is 67.4 Å². The van der Waals surface area contributed by atoms with Crippen molar-refractivity contribution in [2.24, 2.45) is 0 Å². The second kappa shape index (κ2) is 4.81. The Labute approximate surface area is 76.8 Å². The maximum Gasteiger partial charge on any atom is 0.222 e. The van der Waals surface area contributed by atoms with Crippen LogP contribution in [-0.2, 0) is 14.3 Å². The summed E-state index contributed by atoms with van der Waals surface area (Å²) in [5.74, 6) is -0.151. The summed E-state index contributed by atoms with van der Waals surface area (Å²) in [5.41, 5.74) is 0. The Morgan fingerprint density at radius 2 is 2.15 bits per heavy atom. The molecule has 1 rings (SSSR count). The molecule has 74 valence electrons. The minimum Gasteiger partial charge on any atom is -0.377 e. The van der Waals surface area contributed by atoms with Gasteiger partial charge in [-0.3, -0.25) is 9.59 Å². The number of ether oxygens (including phenoxy) is 1. The zero-order chi connectivity index (χ0) is 9.68. The molecule has 0 unspecified atom stereocenters. The molecular weight excluding hydrogens is 172 g/mol. The number of hydrogen-bond donors (Lipinski definition) is 2. The average Bonchev–Trinajstić information content (AvgIpc) is 1.96. The molecule has 1 aliphatic rings. The van der Waals surface area contributed by atoms with E-state index < -0.39 is 0 Å². The fraction of sp³-hybridized carbons (Fsp3) is 0.750. The van der Waals surface area contributed by atoms with Gasteiger partial charge in [0.1, 0.15) is 0 Å². The minimum atomic E-state index is -0.111. The van der Waals surface area contributed by atoms with Gasteiger partial charge in [0.15, 0.2) is 0 Å². The number of nitrogens with one attached hydrogen (secondary N) is 2. The summed E-state index contributed by atoms with van der Waals surface area (Å²) in [7, 11) is 0. The Hall–Kier alpha value is -1.10. The number of carbonyl (C=O) groups is 2. The molecule has 0 radical (unpaired) electrons. The first kappa shape index (κ1) is 9.98. The van der Waals surface area contributed by atoms with E-state index in [1.807, 2.05) is 0 Å². The number of carbonyl (C=O) groups excluding carboxylic acids is 2. The van der Waals surface area contributed by atoms with E-state index in [0.717, 1.165) is 0 Å². The fourth-order valence-corrected chi connectivity index (χ4v) is 0.971. The maximum absolute atomic E-state index is 11.1. The van der Waals surface area contributed by atoms with Gasteiger partial charge in [-0.1, -0.05) is 0 Å². The summed E-state index contributed by atoms with van der Waals surface area (Å²) in [6.07, 6.45) is 0.329. The molecule has 1 fully saturated rings. The van der Waals surface area contributed by atoms with Crippen LogP contribution in [0.2, 0.25) is 0 Å². The van der Waals surface area contributed by atoms with Gasteiger partial charge in [-0.05, 0) is 0 Å². The Kier molecular flexibility index (Phi) is 3.70. The van der Waals surface area contributed by atoms with Crippen molar-refractivity contribution >= 4 is 11.8 Å². The van der Waals surface area contributed by atoms with Crippen molar-refractivity contribution in [1.29, 1.82) is 0 Å². The lowest BCUT2D eigenvalue weighted by Gasteiger charge is -2.26.